The van der Waals surface area contributed by atoms with Gasteiger partial charge in [-0.15, -0.1) is 0 Å². The molecule has 1 heterocycles. The summed E-state index contributed by atoms with van der Waals surface area (Å²) in [6.45, 7) is 3.84. The quantitative estimate of drug-likeness (QED) is 0.729. The third-order valence-electron chi connectivity index (χ3n) is 1.25. The molecule has 0 fully saturated rings. The molecule has 0 aromatic carbocycles. The molecule has 1 aromatic heterocycles. The Morgan fingerprint density at radius 1 is 1.54 bits per heavy atom. The number of aromatic nitrogens is 2. The van der Waals surface area contributed by atoms with Crippen molar-refractivity contribution in [3.05, 3.63) is 18.1 Å². The van der Waals surface area contributed by atoms with Crippen molar-refractivity contribution in [2.45, 2.75) is 20.0 Å². The van der Waals surface area contributed by atoms with Gasteiger partial charge in [-0.1, -0.05) is 12.2 Å². The Morgan fingerprint density at radius 2 is 2.23 bits per heavy atom. The fraction of sp³-hybridized carbons (Fsp3) is 0.375. The molecule has 2 N–H and O–H groups in total. The van der Waals surface area contributed by atoms with Crippen LogP contribution in [0.2, 0.25) is 0 Å². The maximum absolute atomic E-state index is 5.40. The highest BCUT2D eigenvalue weighted by molar-refractivity contribution is 7.80. The van der Waals surface area contributed by atoms with Gasteiger partial charge < -0.3 is 10.5 Å². The molecule has 0 aliphatic carbocycles. The molecular weight excluding hydrogens is 186 g/mol. The number of hydrogen-bond donors (Lipinski definition) is 1. The summed E-state index contributed by atoms with van der Waals surface area (Å²) in [6, 6.07) is 1.63. The molecule has 0 aliphatic rings. The second-order valence-corrected chi connectivity index (χ2v) is 3.21. The maximum atomic E-state index is 5.40. The van der Waals surface area contributed by atoms with Gasteiger partial charge in [0, 0.05) is 6.07 Å². The van der Waals surface area contributed by atoms with E-state index in [2.05, 4.69) is 9.97 Å². The van der Waals surface area contributed by atoms with Crippen LogP contribution in [0.25, 0.3) is 0 Å². The molecule has 1 rings (SSSR count). The Morgan fingerprint density at radius 3 is 2.77 bits per heavy atom. The van der Waals surface area contributed by atoms with Gasteiger partial charge in [0.05, 0.1) is 6.10 Å². The minimum absolute atomic E-state index is 0.0779. The minimum Gasteiger partial charge on any atom is -0.475 e. The zero-order valence-corrected chi connectivity index (χ0v) is 8.34. The zero-order chi connectivity index (χ0) is 9.84. The monoisotopic (exact) mass is 197 g/mol. The predicted molar refractivity (Wildman–Crippen MR) is 53.7 cm³/mol. The van der Waals surface area contributed by atoms with Crippen LogP contribution in [-0.4, -0.2) is 21.1 Å². The first kappa shape index (κ1) is 9.85. The van der Waals surface area contributed by atoms with E-state index in [0.717, 1.165) is 0 Å². The molecule has 0 aliphatic heterocycles. The molecule has 4 nitrogen and oxygen atoms in total. The number of nitrogens with zero attached hydrogens (tertiary/aromatic N) is 2. The summed E-state index contributed by atoms with van der Waals surface area (Å²) in [5, 5.41) is 0. The van der Waals surface area contributed by atoms with E-state index in [1.807, 2.05) is 13.8 Å². The topological polar surface area (TPSA) is 61.0 Å². The molecule has 1 aromatic rings. The van der Waals surface area contributed by atoms with Gasteiger partial charge in [0.1, 0.15) is 17.0 Å². The largest absolute Gasteiger partial charge is 0.475 e. The summed E-state index contributed by atoms with van der Waals surface area (Å²) < 4.78 is 5.34. The molecule has 0 radical (unpaired) electrons. The first-order chi connectivity index (χ1) is 6.09. The highest BCUT2D eigenvalue weighted by Gasteiger charge is 2.03. The van der Waals surface area contributed by atoms with Crippen LogP contribution in [0.1, 0.15) is 19.5 Å². The number of nitrogens with two attached hydrogens (primary N) is 1. The normalized spacial score (nSPS) is 10.1. The van der Waals surface area contributed by atoms with Crippen molar-refractivity contribution in [3.63, 3.8) is 0 Å². The second-order valence-electron chi connectivity index (χ2n) is 2.77. The van der Waals surface area contributed by atoms with E-state index in [1.165, 1.54) is 6.33 Å². The number of thiocarbonyl (C=S) groups is 1. The van der Waals surface area contributed by atoms with E-state index in [4.69, 9.17) is 22.7 Å². The fourth-order valence-electron chi connectivity index (χ4n) is 0.780. The fourth-order valence-corrected chi connectivity index (χ4v) is 0.892. The van der Waals surface area contributed by atoms with Crippen molar-refractivity contribution in [1.29, 1.82) is 0 Å². The Balaban J connectivity index is 2.85. The van der Waals surface area contributed by atoms with Crippen LogP contribution in [0.5, 0.6) is 5.88 Å². The van der Waals surface area contributed by atoms with Gasteiger partial charge in [0.2, 0.25) is 5.88 Å². The third-order valence-corrected chi connectivity index (χ3v) is 1.46. The molecule has 0 atom stereocenters. The summed E-state index contributed by atoms with van der Waals surface area (Å²) in [5.74, 6) is 0.493. The average Bonchev–Trinajstić information content (AvgIpc) is 2.03. The smallest absolute Gasteiger partial charge is 0.217 e. The van der Waals surface area contributed by atoms with Crippen molar-refractivity contribution in [2.24, 2.45) is 5.73 Å². The summed E-state index contributed by atoms with van der Waals surface area (Å²) in [6.07, 6.45) is 1.46. The van der Waals surface area contributed by atoms with Crippen LogP contribution in [0.4, 0.5) is 0 Å². The Kier molecular flexibility index (Phi) is 3.13. The SMILES string of the molecule is CC(C)Oc1cc(C(N)=S)ncn1. The molecule has 0 spiro atoms. The van der Waals surface area contributed by atoms with E-state index < -0.39 is 0 Å². The van der Waals surface area contributed by atoms with E-state index in [9.17, 15) is 0 Å². The molecule has 0 saturated heterocycles. The summed E-state index contributed by atoms with van der Waals surface area (Å²) in [5.41, 5.74) is 5.93. The van der Waals surface area contributed by atoms with Crippen LogP contribution < -0.4 is 10.5 Å². The van der Waals surface area contributed by atoms with Crippen molar-refractivity contribution >= 4 is 17.2 Å². The second kappa shape index (κ2) is 4.13. The summed E-state index contributed by atoms with van der Waals surface area (Å²) in [7, 11) is 0. The lowest BCUT2D eigenvalue weighted by atomic mass is 10.4. The van der Waals surface area contributed by atoms with Crippen LogP contribution in [-0.2, 0) is 0 Å². The minimum atomic E-state index is 0.0779. The molecule has 0 unspecified atom stereocenters. The lowest BCUT2D eigenvalue weighted by molar-refractivity contribution is 0.232. The Labute approximate surface area is 82.1 Å². The number of rotatable bonds is 3. The molecule has 0 amide bonds. The van der Waals surface area contributed by atoms with Crippen LogP contribution >= 0.6 is 12.2 Å². The average molecular weight is 197 g/mol. The van der Waals surface area contributed by atoms with Crippen LogP contribution in [0.15, 0.2) is 12.4 Å². The maximum Gasteiger partial charge on any atom is 0.217 e. The van der Waals surface area contributed by atoms with Gasteiger partial charge in [0.15, 0.2) is 0 Å². The van der Waals surface area contributed by atoms with Gasteiger partial charge in [0.25, 0.3) is 0 Å². The molecular formula is C8H11N3OS. The standard InChI is InChI=1S/C8H11N3OS/c1-5(2)12-7-3-6(8(9)13)10-4-11-7/h3-5H,1-2H3,(H2,9,13). The van der Waals surface area contributed by atoms with Crippen LogP contribution in [0, 0.1) is 0 Å². The lowest BCUT2D eigenvalue weighted by Gasteiger charge is -2.08. The third kappa shape index (κ3) is 2.95. The van der Waals surface area contributed by atoms with Crippen molar-refractivity contribution in [3.8, 4) is 5.88 Å². The number of hydrogen-bond acceptors (Lipinski definition) is 4. The van der Waals surface area contributed by atoms with Crippen molar-refractivity contribution in [1.82, 2.24) is 9.97 Å². The molecule has 0 saturated carbocycles. The van der Waals surface area contributed by atoms with Crippen LogP contribution in [0.3, 0.4) is 0 Å². The lowest BCUT2D eigenvalue weighted by Crippen LogP contribution is -2.13. The molecule has 5 heteroatoms. The highest BCUT2D eigenvalue weighted by atomic mass is 32.1. The van der Waals surface area contributed by atoms with Gasteiger partial charge in [-0.3, -0.25) is 0 Å². The highest BCUT2D eigenvalue weighted by Crippen LogP contribution is 2.08. The zero-order valence-electron chi connectivity index (χ0n) is 7.52. The van der Waals surface area contributed by atoms with Gasteiger partial charge >= 0.3 is 0 Å². The molecule has 0 bridgehead atoms. The summed E-state index contributed by atoms with van der Waals surface area (Å²) >= 11 is 4.77. The van der Waals surface area contributed by atoms with Gasteiger partial charge in [-0.05, 0) is 13.8 Å². The van der Waals surface area contributed by atoms with Gasteiger partial charge in [-0.2, -0.15) is 0 Å². The molecule has 13 heavy (non-hydrogen) atoms. The van der Waals surface area contributed by atoms with E-state index >= 15 is 0 Å². The summed E-state index contributed by atoms with van der Waals surface area (Å²) in [4.78, 5) is 8.05. The first-order valence-electron chi connectivity index (χ1n) is 3.88. The van der Waals surface area contributed by atoms with Crippen molar-refractivity contribution < 1.29 is 4.74 Å². The van der Waals surface area contributed by atoms with Crippen molar-refractivity contribution in [2.75, 3.05) is 0 Å². The Hall–Kier alpha value is -1.23. The van der Waals surface area contributed by atoms with Gasteiger partial charge in [-0.25, -0.2) is 9.97 Å². The van der Waals surface area contributed by atoms with E-state index in [0.29, 0.717) is 11.6 Å². The Bertz CT molecular complexity index is 314. The van der Waals surface area contributed by atoms with E-state index in [1.54, 1.807) is 6.07 Å². The number of ether oxygens (including phenoxy) is 1. The molecule has 70 valence electrons. The predicted octanol–water partition coefficient (Wildman–Crippen LogP) is 0.898. The van der Waals surface area contributed by atoms with E-state index in [-0.39, 0.29) is 11.1 Å². The first-order valence-corrected chi connectivity index (χ1v) is 4.29.